The molecule has 0 unspecified atom stereocenters. The lowest BCUT2D eigenvalue weighted by Crippen LogP contribution is -2.41. The van der Waals surface area contributed by atoms with Gasteiger partial charge < -0.3 is 10.6 Å². The van der Waals surface area contributed by atoms with Crippen LogP contribution in [0, 0.1) is 6.92 Å². The number of anilines is 2. The van der Waals surface area contributed by atoms with Gasteiger partial charge in [-0.15, -0.1) is 0 Å². The van der Waals surface area contributed by atoms with Gasteiger partial charge in [0.25, 0.3) is 0 Å². The van der Waals surface area contributed by atoms with Crippen molar-refractivity contribution in [1.29, 1.82) is 0 Å². The predicted octanol–water partition coefficient (Wildman–Crippen LogP) is 1.54. The number of benzene rings is 1. The minimum atomic E-state index is -3.93. The van der Waals surface area contributed by atoms with E-state index in [0.717, 1.165) is 11.1 Å². The zero-order chi connectivity index (χ0) is 22.1. The third-order valence-electron chi connectivity index (χ3n) is 4.34. The topological polar surface area (TPSA) is 135 Å². The Kier molecular flexibility index (Phi) is 5.85. The monoisotopic (exact) mass is 430 g/mol. The highest BCUT2D eigenvalue weighted by atomic mass is 32.2. The lowest BCUT2D eigenvalue weighted by atomic mass is 10.2. The molecule has 0 aliphatic heterocycles. The third-order valence-corrected chi connectivity index (χ3v) is 5.90. The fourth-order valence-corrected chi connectivity index (χ4v) is 4.10. The molecular formula is C19H22N6O4S. The standard InChI is InChI=1S/C19H22N6O4S/c1-11-17-9-15(10-20-18(17)25(4)23-11)22-19(27)12(2)24-30(28,29)16-7-5-14(6-8-16)21-13(3)26/h5-10,12,24H,1-4H3,(H,21,26)(H,22,27)/t12-/m0/s1. The summed E-state index contributed by atoms with van der Waals surface area (Å²) in [6.45, 7) is 4.64. The largest absolute Gasteiger partial charge is 0.326 e. The van der Waals surface area contributed by atoms with Crippen molar-refractivity contribution in [2.45, 2.75) is 31.7 Å². The first-order valence-electron chi connectivity index (χ1n) is 9.07. The Balaban J connectivity index is 1.70. The van der Waals surface area contributed by atoms with E-state index in [1.54, 1.807) is 17.8 Å². The molecule has 0 fully saturated rings. The Hall–Kier alpha value is -3.31. The van der Waals surface area contributed by atoms with E-state index >= 15 is 0 Å². The molecule has 0 bridgehead atoms. The zero-order valence-corrected chi connectivity index (χ0v) is 17.7. The van der Waals surface area contributed by atoms with Crippen molar-refractivity contribution in [1.82, 2.24) is 19.5 Å². The summed E-state index contributed by atoms with van der Waals surface area (Å²) < 4.78 is 29.1. The van der Waals surface area contributed by atoms with Gasteiger partial charge in [-0.3, -0.25) is 14.3 Å². The smallest absolute Gasteiger partial charge is 0.242 e. The maximum Gasteiger partial charge on any atom is 0.242 e. The number of carbonyl (C=O) groups excluding carboxylic acids is 2. The van der Waals surface area contributed by atoms with Gasteiger partial charge in [0, 0.05) is 25.0 Å². The summed E-state index contributed by atoms with van der Waals surface area (Å²) in [4.78, 5) is 27.8. The second-order valence-electron chi connectivity index (χ2n) is 6.84. The second kappa shape index (κ2) is 8.20. The molecule has 158 valence electrons. The molecule has 0 saturated carbocycles. The van der Waals surface area contributed by atoms with Gasteiger partial charge in [-0.05, 0) is 44.2 Å². The molecule has 11 heteroatoms. The number of hydrogen-bond donors (Lipinski definition) is 3. The molecule has 2 amide bonds. The normalized spacial score (nSPS) is 12.5. The number of amides is 2. The van der Waals surface area contributed by atoms with E-state index in [4.69, 9.17) is 0 Å². The highest BCUT2D eigenvalue weighted by Gasteiger charge is 2.22. The SMILES string of the molecule is CC(=O)Nc1ccc(S(=O)(=O)N[C@@H](C)C(=O)Nc2cnc3c(c2)c(C)nn3C)cc1. The molecule has 3 aromatic rings. The highest BCUT2D eigenvalue weighted by molar-refractivity contribution is 7.89. The molecule has 1 aromatic carbocycles. The van der Waals surface area contributed by atoms with Gasteiger partial charge in [-0.25, -0.2) is 13.4 Å². The van der Waals surface area contributed by atoms with Crippen molar-refractivity contribution in [3.63, 3.8) is 0 Å². The quantitative estimate of drug-likeness (QED) is 0.543. The molecule has 3 rings (SSSR count). The number of nitrogens with zero attached hydrogens (tertiary/aromatic N) is 3. The van der Waals surface area contributed by atoms with Crippen molar-refractivity contribution >= 4 is 44.2 Å². The number of sulfonamides is 1. The molecule has 3 N–H and O–H groups in total. The number of carbonyl (C=O) groups is 2. The summed E-state index contributed by atoms with van der Waals surface area (Å²) in [5.74, 6) is -0.792. The average Bonchev–Trinajstić information content (AvgIpc) is 2.95. The van der Waals surface area contributed by atoms with Crippen molar-refractivity contribution < 1.29 is 18.0 Å². The molecule has 2 heterocycles. The first kappa shape index (κ1) is 21.4. The highest BCUT2D eigenvalue weighted by Crippen LogP contribution is 2.19. The summed E-state index contributed by atoms with van der Waals surface area (Å²) >= 11 is 0. The number of aryl methyl sites for hydroxylation is 2. The van der Waals surface area contributed by atoms with Crippen molar-refractivity contribution in [3.05, 3.63) is 42.2 Å². The molecule has 0 aliphatic rings. The summed E-state index contributed by atoms with van der Waals surface area (Å²) in [6, 6.07) is 6.35. The van der Waals surface area contributed by atoms with Gasteiger partial charge in [-0.2, -0.15) is 9.82 Å². The molecule has 0 spiro atoms. The van der Waals surface area contributed by atoms with E-state index < -0.39 is 22.0 Å². The predicted molar refractivity (Wildman–Crippen MR) is 112 cm³/mol. The third kappa shape index (κ3) is 4.63. The van der Waals surface area contributed by atoms with Crippen LogP contribution in [-0.2, 0) is 26.7 Å². The van der Waals surface area contributed by atoms with Gasteiger partial charge in [0.1, 0.15) is 0 Å². The van der Waals surface area contributed by atoms with Crippen LogP contribution in [0.3, 0.4) is 0 Å². The maximum atomic E-state index is 12.6. The van der Waals surface area contributed by atoms with Gasteiger partial charge in [0.15, 0.2) is 5.65 Å². The van der Waals surface area contributed by atoms with Crippen LogP contribution < -0.4 is 15.4 Å². The van der Waals surface area contributed by atoms with E-state index in [2.05, 4.69) is 25.4 Å². The van der Waals surface area contributed by atoms with Gasteiger partial charge in [0.05, 0.1) is 28.5 Å². The number of pyridine rings is 1. The van der Waals surface area contributed by atoms with E-state index in [0.29, 0.717) is 17.0 Å². The second-order valence-corrected chi connectivity index (χ2v) is 8.56. The Morgan fingerprint density at radius 1 is 1.10 bits per heavy atom. The van der Waals surface area contributed by atoms with Crippen LogP contribution in [0.1, 0.15) is 19.5 Å². The molecule has 1 atom stereocenters. The Morgan fingerprint density at radius 2 is 1.77 bits per heavy atom. The van der Waals surface area contributed by atoms with E-state index in [1.165, 1.54) is 44.3 Å². The van der Waals surface area contributed by atoms with Crippen LogP contribution in [-0.4, -0.2) is 41.0 Å². The summed E-state index contributed by atoms with van der Waals surface area (Å²) in [5.41, 5.74) is 2.37. The van der Waals surface area contributed by atoms with Gasteiger partial charge in [0.2, 0.25) is 21.8 Å². The molecule has 2 aromatic heterocycles. The molecule has 10 nitrogen and oxygen atoms in total. The van der Waals surface area contributed by atoms with Gasteiger partial charge >= 0.3 is 0 Å². The van der Waals surface area contributed by atoms with Crippen LogP contribution in [0.15, 0.2) is 41.4 Å². The summed E-state index contributed by atoms with van der Waals surface area (Å²) in [5, 5.41) is 10.3. The number of rotatable bonds is 6. The van der Waals surface area contributed by atoms with E-state index in [-0.39, 0.29) is 10.8 Å². The van der Waals surface area contributed by atoms with Crippen molar-refractivity contribution in [2.24, 2.45) is 7.05 Å². The summed E-state index contributed by atoms with van der Waals surface area (Å²) in [6.07, 6.45) is 1.49. The fourth-order valence-electron chi connectivity index (χ4n) is 2.90. The lowest BCUT2D eigenvalue weighted by molar-refractivity contribution is -0.117. The molecule has 0 radical (unpaired) electrons. The maximum absolute atomic E-state index is 12.6. The van der Waals surface area contributed by atoms with Crippen molar-refractivity contribution in [2.75, 3.05) is 10.6 Å². The lowest BCUT2D eigenvalue weighted by Gasteiger charge is -2.15. The van der Waals surface area contributed by atoms with Crippen LogP contribution >= 0.6 is 0 Å². The summed E-state index contributed by atoms with van der Waals surface area (Å²) in [7, 11) is -2.15. The zero-order valence-electron chi connectivity index (χ0n) is 16.9. The number of nitrogens with one attached hydrogen (secondary N) is 3. The molecule has 0 aliphatic carbocycles. The van der Waals surface area contributed by atoms with Crippen molar-refractivity contribution in [3.8, 4) is 0 Å². The van der Waals surface area contributed by atoms with Crippen LogP contribution in [0.5, 0.6) is 0 Å². The number of aromatic nitrogens is 3. The molecular weight excluding hydrogens is 408 g/mol. The average molecular weight is 430 g/mol. The number of hydrogen-bond acceptors (Lipinski definition) is 6. The van der Waals surface area contributed by atoms with Crippen LogP contribution in [0.4, 0.5) is 11.4 Å². The Morgan fingerprint density at radius 3 is 2.40 bits per heavy atom. The Labute approximate surface area is 173 Å². The first-order chi connectivity index (χ1) is 14.1. The first-order valence-corrected chi connectivity index (χ1v) is 10.6. The minimum Gasteiger partial charge on any atom is -0.326 e. The minimum absolute atomic E-state index is 0.0228. The molecule has 30 heavy (non-hydrogen) atoms. The van der Waals surface area contributed by atoms with Crippen LogP contribution in [0.25, 0.3) is 11.0 Å². The van der Waals surface area contributed by atoms with E-state index in [1.807, 2.05) is 6.92 Å². The molecule has 0 saturated heterocycles. The van der Waals surface area contributed by atoms with Gasteiger partial charge in [-0.1, -0.05) is 0 Å². The fraction of sp³-hybridized carbons (Fsp3) is 0.263. The number of fused-ring (bicyclic) bond motifs is 1. The Bertz CT molecular complexity index is 1220. The van der Waals surface area contributed by atoms with E-state index in [9.17, 15) is 18.0 Å². The van der Waals surface area contributed by atoms with Crippen LogP contribution in [0.2, 0.25) is 0 Å².